The van der Waals surface area contributed by atoms with Crippen LogP contribution in [0.2, 0.25) is 5.02 Å². The number of benzene rings is 2. The predicted octanol–water partition coefficient (Wildman–Crippen LogP) is 3.71. The number of amides is 1. The molecule has 0 saturated carbocycles. The topological polar surface area (TPSA) is 64.0 Å². The smallest absolute Gasteiger partial charge is 0.276 e. The Balaban J connectivity index is 2.09. The van der Waals surface area contributed by atoms with E-state index in [1.54, 1.807) is 48.5 Å². The molecule has 0 bridgehead atoms. The SMILES string of the molecule is CCCn1nc(C(=O)Nc2cccc(Cl)c2)c2ccccc2c1=O. The van der Waals surface area contributed by atoms with Crippen molar-refractivity contribution in [2.45, 2.75) is 19.9 Å². The maximum absolute atomic E-state index is 12.7. The Labute approximate surface area is 143 Å². The molecule has 1 heterocycles. The van der Waals surface area contributed by atoms with Crippen LogP contribution >= 0.6 is 11.6 Å². The Kier molecular flexibility index (Phi) is 4.62. The van der Waals surface area contributed by atoms with Crippen LogP contribution in [0.1, 0.15) is 23.8 Å². The quantitative estimate of drug-likeness (QED) is 0.786. The van der Waals surface area contributed by atoms with E-state index < -0.39 is 0 Å². The van der Waals surface area contributed by atoms with Crippen molar-refractivity contribution in [1.82, 2.24) is 9.78 Å². The first-order valence-electron chi connectivity index (χ1n) is 7.67. The Morgan fingerprint density at radius 3 is 2.62 bits per heavy atom. The van der Waals surface area contributed by atoms with Gasteiger partial charge in [0, 0.05) is 22.6 Å². The van der Waals surface area contributed by atoms with Crippen molar-refractivity contribution in [2.24, 2.45) is 0 Å². The summed E-state index contributed by atoms with van der Waals surface area (Å²) in [6, 6.07) is 13.9. The van der Waals surface area contributed by atoms with Gasteiger partial charge in [-0.1, -0.05) is 42.8 Å². The number of anilines is 1. The van der Waals surface area contributed by atoms with Crippen LogP contribution in [0.4, 0.5) is 5.69 Å². The van der Waals surface area contributed by atoms with E-state index in [1.165, 1.54) is 4.68 Å². The van der Waals surface area contributed by atoms with Crippen molar-refractivity contribution < 1.29 is 4.79 Å². The third kappa shape index (κ3) is 3.16. The zero-order valence-electron chi connectivity index (χ0n) is 13.1. The third-order valence-corrected chi connectivity index (χ3v) is 3.84. The van der Waals surface area contributed by atoms with Gasteiger partial charge in [0.05, 0.1) is 5.39 Å². The molecule has 3 aromatic rings. The molecule has 3 rings (SSSR count). The van der Waals surface area contributed by atoms with Crippen molar-refractivity contribution in [3.8, 4) is 0 Å². The van der Waals surface area contributed by atoms with Gasteiger partial charge >= 0.3 is 0 Å². The van der Waals surface area contributed by atoms with Gasteiger partial charge in [0.2, 0.25) is 0 Å². The molecule has 0 radical (unpaired) electrons. The molecule has 122 valence electrons. The second-order valence-electron chi connectivity index (χ2n) is 5.39. The van der Waals surface area contributed by atoms with E-state index >= 15 is 0 Å². The van der Waals surface area contributed by atoms with Crippen molar-refractivity contribution in [3.05, 3.63) is 69.6 Å². The summed E-state index contributed by atoms with van der Waals surface area (Å²) in [6.45, 7) is 2.41. The normalized spacial score (nSPS) is 10.8. The second kappa shape index (κ2) is 6.84. The number of carbonyl (C=O) groups excluding carboxylic acids is 1. The van der Waals surface area contributed by atoms with Crippen LogP contribution in [0.25, 0.3) is 10.8 Å². The van der Waals surface area contributed by atoms with Gasteiger partial charge < -0.3 is 5.32 Å². The van der Waals surface area contributed by atoms with Crippen molar-refractivity contribution >= 4 is 34.0 Å². The monoisotopic (exact) mass is 341 g/mol. The summed E-state index contributed by atoms with van der Waals surface area (Å²) in [5.41, 5.74) is 0.608. The molecule has 0 aliphatic carbocycles. The van der Waals surface area contributed by atoms with Crippen LogP contribution in [-0.2, 0) is 6.54 Å². The van der Waals surface area contributed by atoms with Crippen LogP contribution in [0.5, 0.6) is 0 Å². The van der Waals surface area contributed by atoms with Crippen molar-refractivity contribution in [1.29, 1.82) is 0 Å². The fourth-order valence-corrected chi connectivity index (χ4v) is 2.71. The summed E-state index contributed by atoms with van der Waals surface area (Å²) in [7, 11) is 0. The molecule has 0 spiro atoms. The van der Waals surface area contributed by atoms with Crippen molar-refractivity contribution in [2.75, 3.05) is 5.32 Å². The zero-order valence-corrected chi connectivity index (χ0v) is 13.9. The maximum atomic E-state index is 12.7. The Morgan fingerprint density at radius 1 is 1.17 bits per heavy atom. The number of aryl methyl sites for hydroxylation is 1. The van der Waals surface area contributed by atoms with Gasteiger partial charge in [-0.2, -0.15) is 5.10 Å². The van der Waals surface area contributed by atoms with Gasteiger partial charge in [0.25, 0.3) is 11.5 Å². The first-order chi connectivity index (χ1) is 11.6. The molecule has 0 aliphatic heterocycles. The largest absolute Gasteiger partial charge is 0.321 e. The molecule has 0 fully saturated rings. The minimum absolute atomic E-state index is 0.188. The maximum Gasteiger partial charge on any atom is 0.276 e. The number of hydrogen-bond donors (Lipinski definition) is 1. The highest BCUT2D eigenvalue weighted by atomic mass is 35.5. The number of carbonyl (C=O) groups is 1. The Hall–Kier alpha value is -2.66. The lowest BCUT2D eigenvalue weighted by Crippen LogP contribution is -2.27. The third-order valence-electron chi connectivity index (χ3n) is 3.60. The molecule has 5 nitrogen and oxygen atoms in total. The zero-order chi connectivity index (χ0) is 17.1. The van der Waals surface area contributed by atoms with Gasteiger partial charge in [-0.3, -0.25) is 9.59 Å². The Bertz CT molecular complexity index is 966. The average molecular weight is 342 g/mol. The number of rotatable bonds is 4. The van der Waals surface area contributed by atoms with E-state index in [4.69, 9.17) is 11.6 Å². The molecule has 1 amide bonds. The van der Waals surface area contributed by atoms with E-state index in [1.807, 2.05) is 6.92 Å². The number of nitrogens with one attached hydrogen (secondary N) is 1. The number of nitrogens with zero attached hydrogens (tertiary/aromatic N) is 2. The van der Waals surface area contributed by atoms with E-state index in [0.29, 0.717) is 28.0 Å². The minimum Gasteiger partial charge on any atom is -0.321 e. The van der Waals surface area contributed by atoms with Crippen LogP contribution in [0.15, 0.2) is 53.3 Å². The molecule has 0 aliphatic rings. The average Bonchev–Trinajstić information content (AvgIpc) is 2.57. The summed E-state index contributed by atoms with van der Waals surface area (Å²) >= 11 is 5.94. The highest BCUT2D eigenvalue weighted by Gasteiger charge is 2.16. The molecule has 0 unspecified atom stereocenters. The highest BCUT2D eigenvalue weighted by molar-refractivity contribution is 6.31. The first-order valence-corrected chi connectivity index (χ1v) is 8.04. The summed E-state index contributed by atoms with van der Waals surface area (Å²) in [5.74, 6) is -0.377. The molecule has 1 aromatic heterocycles. The van der Waals surface area contributed by atoms with Crippen LogP contribution in [0.3, 0.4) is 0 Å². The standard InChI is InChI=1S/C18H16ClN3O2/c1-2-10-22-18(24)15-9-4-3-8-14(15)16(21-22)17(23)20-13-7-5-6-12(19)11-13/h3-9,11H,2,10H2,1H3,(H,20,23). The summed E-state index contributed by atoms with van der Waals surface area (Å²) in [4.78, 5) is 25.1. The van der Waals surface area contributed by atoms with Gasteiger partial charge in [0.15, 0.2) is 5.69 Å². The van der Waals surface area contributed by atoms with Gasteiger partial charge in [-0.05, 0) is 30.7 Å². The number of halogens is 1. The van der Waals surface area contributed by atoms with Crippen LogP contribution in [0, 0.1) is 0 Å². The molecule has 6 heteroatoms. The molecular formula is C18H16ClN3O2. The van der Waals surface area contributed by atoms with Gasteiger partial charge in [0.1, 0.15) is 0 Å². The van der Waals surface area contributed by atoms with E-state index in [0.717, 1.165) is 6.42 Å². The lowest BCUT2D eigenvalue weighted by Gasteiger charge is -2.11. The molecule has 0 saturated heterocycles. The van der Waals surface area contributed by atoms with Crippen LogP contribution in [-0.4, -0.2) is 15.7 Å². The number of fused-ring (bicyclic) bond motifs is 1. The van der Waals surface area contributed by atoms with E-state index in [9.17, 15) is 9.59 Å². The van der Waals surface area contributed by atoms with Gasteiger partial charge in [-0.25, -0.2) is 4.68 Å². The molecule has 0 atom stereocenters. The van der Waals surface area contributed by atoms with Crippen LogP contribution < -0.4 is 10.9 Å². The molecular weight excluding hydrogens is 326 g/mol. The van der Waals surface area contributed by atoms with Gasteiger partial charge in [-0.15, -0.1) is 0 Å². The first kappa shape index (κ1) is 16.2. The minimum atomic E-state index is -0.377. The second-order valence-corrected chi connectivity index (χ2v) is 5.82. The summed E-state index contributed by atoms with van der Waals surface area (Å²) in [6.07, 6.45) is 0.751. The summed E-state index contributed by atoms with van der Waals surface area (Å²) in [5, 5.41) is 8.60. The predicted molar refractivity (Wildman–Crippen MR) is 95.7 cm³/mol. The summed E-state index contributed by atoms with van der Waals surface area (Å²) < 4.78 is 1.34. The van der Waals surface area contributed by atoms with E-state index in [-0.39, 0.29) is 17.2 Å². The highest BCUT2D eigenvalue weighted by Crippen LogP contribution is 2.18. The fraction of sp³-hybridized carbons (Fsp3) is 0.167. The number of aromatic nitrogens is 2. The van der Waals surface area contributed by atoms with Crippen molar-refractivity contribution in [3.63, 3.8) is 0 Å². The lowest BCUT2D eigenvalue weighted by atomic mass is 10.1. The van der Waals surface area contributed by atoms with E-state index in [2.05, 4.69) is 10.4 Å². The molecule has 2 aromatic carbocycles. The Morgan fingerprint density at radius 2 is 1.92 bits per heavy atom. The fourth-order valence-electron chi connectivity index (χ4n) is 2.52. The lowest BCUT2D eigenvalue weighted by molar-refractivity contribution is 0.102. The molecule has 1 N–H and O–H groups in total. The number of hydrogen-bond acceptors (Lipinski definition) is 3. The molecule has 24 heavy (non-hydrogen) atoms.